The van der Waals surface area contributed by atoms with Crippen molar-refractivity contribution >= 4 is 43.4 Å². The third-order valence-corrected chi connectivity index (χ3v) is 3.81. The number of para-hydroxylation sites is 1. The molecule has 0 fully saturated rings. The molecule has 0 amide bonds. The lowest BCUT2D eigenvalue weighted by Gasteiger charge is -2.06. The number of hydrogen-bond donors (Lipinski definition) is 0. The first-order chi connectivity index (χ1) is 9.74. The van der Waals surface area contributed by atoms with Gasteiger partial charge in [-0.2, -0.15) is 0 Å². The van der Waals surface area contributed by atoms with E-state index in [0.29, 0.717) is 16.6 Å². The molecule has 96 valence electrons. The number of aromatic nitrogens is 3. The Balaban J connectivity index is 2.33. The van der Waals surface area contributed by atoms with Crippen molar-refractivity contribution in [1.29, 1.82) is 0 Å². The predicted octanol–water partition coefficient (Wildman–Crippen LogP) is 3.16. The second-order valence-electron chi connectivity index (χ2n) is 4.53. The number of fused-ring (bicyclic) bond motifs is 4. The van der Waals surface area contributed by atoms with Gasteiger partial charge in [-0.15, -0.1) is 0 Å². The summed E-state index contributed by atoms with van der Waals surface area (Å²) in [5, 5.41) is 1.45. The van der Waals surface area contributed by atoms with Gasteiger partial charge in [-0.1, -0.05) is 28.1 Å². The van der Waals surface area contributed by atoms with E-state index in [2.05, 4.69) is 25.9 Å². The molecule has 2 aromatic carbocycles. The van der Waals surface area contributed by atoms with Crippen molar-refractivity contribution in [3.05, 3.63) is 63.6 Å². The van der Waals surface area contributed by atoms with Crippen molar-refractivity contribution in [3.8, 4) is 0 Å². The topological polar surface area (TPSA) is 47.3 Å². The Morgan fingerprint density at radius 1 is 1.00 bits per heavy atom. The summed E-state index contributed by atoms with van der Waals surface area (Å²) < 4.78 is 2.43. The molecule has 4 aromatic rings. The summed E-state index contributed by atoms with van der Waals surface area (Å²) >= 11 is 3.44. The molecule has 4 rings (SSSR count). The minimum absolute atomic E-state index is 0.0972. The molecule has 2 aromatic heterocycles. The van der Waals surface area contributed by atoms with Crippen LogP contribution in [-0.4, -0.2) is 14.4 Å². The lowest BCUT2D eigenvalue weighted by molar-refractivity contribution is 1.04. The highest BCUT2D eigenvalue weighted by atomic mass is 79.9. The summed E-state index contributed by atoms with van der Waals surface area (Å²) in [6.45, 7) is 0. The van der Waals surface area contributed by atoms with Crippen LogP contribution in [0.4, 0.5) is 0 Å². The minimum atomic E-state index is -0.0972. The fourth-order valence-corrected chi connectivity index (χ4v) is 2.72. The van der Waals surface area contributed by atoms with Crippen molar-refractivity contribution < 1.29 is 0 Å². The second-order valence-corrected chi connectivity index (χ2v) is 5.45. The van der Waals surface area contributed by atoms with Gasteiger partial charge < -0.3 is 0 Å². The molecular weight excluding hydrogens is 318 g/mol. The van der Waals surface area contributed by atoms with E-state index < -0.39 is 0 Å². The standard InChI is InChI=1S/C15H8BrN3O/c16-9-5-6-12-11(7-9)14-18-13-4-2-1-3-10(13)15(20)19(14)8-17-12/h1-8H. The lowest BCUT2D eigenvalue weighted by atomic mass is 10.2. The Labute approximate surface area is 121 Å². The third kappa shape index (κ3) is 1.56. The minimum Gasteiger partial charge on any atom is -0.268 e. The summed E-state index contributed by atoms with van der Waals surface area (Å²) in [6.07, 6.45) is 1.54. The van der Waals surface area contributed by atoms with Gasteiger partial charge in [0, 0.05) is 9.86 Å². The van der Waals surface area contributed by atoms with Gasteiger partial charge in [0.15, 0.2) is 5.65 Å². The van der Waals surface area contributed by atoms with Crippen LogP contribution < -0.4 is 5.56 Å². The highest BCUT2D eigenvalue weighted by Crippen LogP contribution is 2.21. The lowest BCUT2D eigenvalue weighted by Crippen LogP contribution is -2.15. The zero-order valence-electron chi connectivity index (χ0n) is 10.2. The molecule has 0 aliphatic rings. The van der Waals surface area contributed by atoms with Crippen LogP contribution >= 0.6 is 15.9 Å². The molecule has 0 spiro atoms. The summed E-state index contributed by atoms with van der Waals surface area (Å²) in [5.74, 6) is 0. The molecule has 0 bridgehead atoms. The van der Waals surface area contributed by atoms with E-state index in [0.717, 1.165) is 15.4 Å². The van der Waals surface area contributed by atoms with Crippen molar-refractivity contribution in [2.24, 2.45) is 0 Å². The Morgan fingerprint density at radius 2 is 1.85 bits per heavy atom. The average molecular weight is 326 g/mol. The van der Waals surface area contributed by atoms with Gasteiger partial charge in [0.05, 0.1) is 16.4 Å². The zero-order chi connectivity index (χ0) is 13.7. The van der Waals surface area contributed by atoms with E-state index in [1.54, 1.807) is 6.07 Å². The predicted molar refractivity (Wildman–Crippen MR) is 82.0 cm³/mol. The second kappa shape index (κ2) is 4.11. The van der Waals surface area contributed by atoms with Crippen LogP contribution in [0.25, 0.3) is 27.5 Å². The van der Waals surface area contributed by atoms with Crippen LogP contribution in [-0.2, 0) is 0 Å². The van der Waals surface area contributed by atoms with Gasteiger partial charge in [-0.25, -0.2) is 14.4 Å². The largest absolute Gasteiger partial charge is 0.268 e. The van der Waals surface area contributed by atoms with Crippen molar-refractivity contribution in [2.45, 2.75) is 0 Å². The van der Waals surface area contributed by atoms with E-state index in [4.69, 9.17) is 0 Å². The monoisotopic (exact) mass is 325 g/mol. The first kappa shape index (κ1) is 11.5. The number of rotatable bonds is 0. The van der Waals surface area contributed by atoms with Crippen LogP contribution in [0.1, 0.15) is 0 Å². The highest BCUT2D eigenvalue weighted by molar-refractivity contribution is 9.10. The SMILES string of the molecule is O=c1c2ccccc2nc2c3cc(Br)ccc3ncn12. The maximum Gasteiger partial charge on any atom is 0.266 e. The molecule has 0 atom stereocenters. The molecule has 0 N–H and O–H groups in total. The number of halogens is 1. The fraction of sp³-hybridized carbons (Fsp3) is 0. The number of nitrogens with zero attached hydrogens (tertiary/aromatic N) is 3. The van der Waals surface area contributed by atoms with E-state index in [-0.39, 0.29) is 5.56 Å². The first-order valence-corrected chi connectivity index (χ1v) is 6.89. The summed E-state index contributed by atoms with van der Waals surface area (Å²) in [5.41, 5.74) is 2.04. The highest BCUT2D eigenvalue weighted by Gasteiger charge is 2.08. The molecule has 20 heavy (non-hydrogen) atoms. The average Bonchev–Trinajstić information content (AvgIpc) is 2.47. The Morgan fingerprint density at radius 3 is 2.75 bits per heavy atom. The van der Waals surface area contributed by atoms with Crippen molar-refractivity contribution in [3.63, 3.8) is 0 Å². The van der Waals surface area contributed by atoms with Crippen LogP contribution in [0.15, 0.2) is 58.1 Å². The normalized spacial score (nSPS) is 11.4. The van der Waals surface area contributed by atoms with Crippen LogP contribution in [0.2, 0.25) is 0 Å². The first-order valence-electron chi connectivity index (χ1n) is 6.09. The van der Waals surface area contributed by atoms with Gasteiger partial charge in [0.1, 0.15) is 6.33 Å². The van der Waals surface area contributed by atoms with Crippen LogP contribution in [0.5, 0.6) is 0 Å². The number of hydrogen-bond acceptors (Lipinski definition) is 3. The Kier molecular flexibility index (Phi) is 2.37. The molecule has 4 nitrogen and oxygen atoms in total. The maximum absolute atomic E-state index is 12.5. The molecule has 0 aliphatic carbocycles. The smallest absolute Gasteiger partial charge is 0.266 e. The molecule has 0 radical (unpaired) electrons. The molecule has 2 heterocycles. The van der Waals surface area contributed by atoms with E-state index in [9.17, 15) is 4.79 Å². The molecule has 0 unspecified atom stereocenters. The van der Waals surface area contributed by atoms with Crippen LogP contribution in [0.3, 0.4) is 0 Å². The van der Waals surface area contributed by atoms with Gasteiger partial charge in [-0.3, -0.25) is 4.79 Å². The summed E-state index contributed by atoms with van der Waals surface area (Å²) in [6, 6.07) is 13.1. The third-order valence-electron chi connectivity index (χ3n) is 3.32. The molecular formula is C15H8BrN3O. The fourth-order valence-electron chi connectivity index (χ4n) is 2.36. The van der Waals surface area contributed by atoms with E-state index in [1.165, 1.54) is 10.7 Å². The summed E-state index contributed by atoms with van der Waals surface area (Å²) in [7, 11) is 0. The Bertz CT molecular complexity index is 1040. The van der Waals surface area contributed by atoms with Gasteiger partial charge in [0.2, 0.25) is 0 Å². The molecule has 0 saturated heterocycles. The van der Waals surface area contributed by atoms with E-state index >= 15 is 0 Å². The maximum atomic E-state index is 12.5. The quantitative estimate of drug-likeness (QED) is 0.368. The Hall–Kier alpha value is -2.27. The zero-order valence-corrected chi connectivity index (χ0v) is 11.8. The van der Waals surface area contributed by atoms with Crippen molar-refractivity contribution in [2.75, 3.05) is 0 Å². The summed E-state index contributed by atoms with van der Waals surface area (Å²) in [4.78, 5) is 21.4. The van der Waals surface area contributed by atoms with Crippen molar-refractivity contribution in [1.82, 2.24) is 14.4 Å². The van der Waals surface area contributed by atoms with E-state index in [1.807, 2.05) is 36.4 Å². The molecule has 5 heteroatoms. The van der Waals surface area contributed by atoms with Gasteiger partial charge in [-0.05, 0) is 30.3 Å². The molecule has 0 saturated carbocycles. The van der Waals surface area contributed by atoms with Gasteiger partial charge in [0.25, 0.3) is 5.56 Å². The number of benzene rings is 2. The molecule has 0 aliphatic heterocycles. The van der Waals surface area contributed by atoms with Gasteiger partial charge >= 0.3 is 0 Å². The van der Waals surface area contributed by atoms with Crippen LogP contribution in [0, 0.1) is 0 Å².